The fourth-order valence-corrected chi connectivity index (χ4v) is 3.00. The molecule has 0 saturated carbocycles. The third-order valence-corrected chi connectivity index (χ3v) is 4.93. The molecule has 0 heterocycles. The van der Waals surface area contributed by atoms with Crippen molar-refractivity contribution in [1.82, 2.24) is 0 Å². The molecular weight excluding hydrogens is 584 g/mol. The van der Waals surface area contributed by atoms with Crippen molar-refractivity contribution in [3.05, 3.63) is 0 Å². The van der Waals surface area contributed by atoms with Gasteiger partial charge in [0.2, 0.25) is 0 Å². The average Bonchev–Trinajstić information content (AvgIpc) is 2.97. The minimum absolute atomic E-state index is 0.0856. The molecule has 0 aromatic carbocycles. The number of carbonyl (C=O) groups excluding carboxylic acids is 2. The van der Waals surface area contributed by atoms with Crippen LogP contribution in [0.1, 0.15) is 40.5 Å². The normalized spacial score (nSPS) is 11.6. The Balaban J connectivity index is 3.11. The fourth-order valence-electron chi connectivity index (χ4n) is 3.00. The maximum Gasteiger partial charge on any atom is 0.332 e. The van der Waals surface area contributed by atoms with Crippen LogP contribution in [0.5, 0.6) is 0 Å². The highest BCUT2D eigenvalue weighted by atomic mass is 16.6. The minimum Gasteiger partial charge on any atom is -0.463 e. The molecule has 0 atom stereocenters. The van der Waals surface area contributed by atoms with Gasteiger partial charge >= 0.3 is 11.9 Å². The molecule has 44 heavy (non-hydrogen) atoms. The van der Waals surface area contributed by atoms with E-state index in [2.05, 4.69) is 0 Å². The molecule has 0 aromatic rings. The van der Waals surface area contributed by atoms with Crippen LogP contribution in [0.2, 0.25) is 0 Å². The molecule has 0 radical (unpaired) electrons. The van der Waals surface area contributed by atoms with Crippen molar-refractivity contribution in [2.45, 2.75) is 46.1 Å². The van der Waals surface area contributed by atoms with Gasteiger partial charge in [-0.3, -0.25) is 4.79 Å². The van der Waals surface area contributed by atoms with Crippen molar-refractivity contribution in [1.29, 1.82) is 0 Å². The zero-order valence-corrected chi connectivity index (χ0v) is 27.5. The van der Waals surface area contributed by atoms with Crippen LogP contribution < -0.4 is 0 Å². The van der Waals surface area contributed by atoms with Crippen LogP contribution in [0, 0.1) is 0 Å². The molecule has 0 aliphatic carbocycles. The molecule has 0 saturated heterocycles. The van der Waals surface area contributed by atoms with E-state index in [4.69, 9.17) is 56.8 Å². The van der Waals surface area contributed by atoms with Crippen molar-refractivity contribution >= 4 is 11.9 Å². The summed E-state index contributed by atoms with van der Waals surface area (Å²) in [6, 6.07) is 0. The van der Waals surface area contributed by atoms with Crippen molar-refractivity contribution in [2.24, 2.45) is 0 Å². The quantitative estimate of drug-likeness (QED) is 0.0743. The molecule has 0 amide bonds. The Morgan fingerprint density at radius 1 is 0.409 bits per heavy atom. The van der Waals surface area contributed by atoms with E-state index in [0.717, 1.165) is 6.42 Å². The third-order valence-electron chi connectivity index (χ3n) is 4.93. The lowest BCUT2D eigenvalue weighted by Crippen LogP contribution is -2.27. The van der Waals surface area contributed by atoms with Crippen molar-refractivity contribution < 1.29 is 66.4 Å². The maximum absolute atomic E-state index is 11.5. The highest BCUT2D eigenvalue weighted by Crippen LogP contribution is 2.06. The second kappa shape index (κ2) is 32.9. The smallest absolute Gasteiger partial charge is 0.332 e. The summed E-state index contributed by atoms with van der Waals surface area (Å²) in [6.45, 7) is 16.2. The van der Waals surface area contributed by atoms with Gasteiger partial charge in [-0.05, 0) is 27.2 Å². The number of hydrogen-bond donors (Lipinski definition) is 0. The summed E-state index contributed by atoms with van der Waals surface area (Å²) < 4.78 is 64.1. The summed E-state index contributed by atoms with van der Waals surface area (Å²) in [6.07, 6.45) is 1.22. The van der Waals surface area contributed by atoms with Gasteiger partial charge in [-0.25, -0.2) is 4.79 Å². The van der Waals surface area contributed by atoms with Gasteiger partial charge in [-0.15, -0.1) is 0 Å². The van der Waals surface area contributed by atoms with E-state index in [9.17, 15) is 9.59 Å². The SMILES string of the molecule is CCCC(=O)OCCOCCOCCOCCOCCOCCOCCOCCOCCOCCOCC(=O)OC(C)(C)C. The second-order valence-electron chi connectivity index (χ2n) is 10.1. The first-order valence-corrected chi connectivity index (χ1v) is 15.5. The Morgan fingerprint density at radius 2 is 0.682 bits per heavy atom. The number of rotatable bonds is 34. The van der Waals surface area contributed by atoms with Gasteiger partial charge in [-0.2, -0.15) is 0 Å². The third kappa shape index (κ3) is 36.7. The van der Waals surface area contributed by atoms with Crippen LogP contribution in [-0.4, -0.2) is 156 Å². The molecule has 0 unspecified atom stereocenters. The van der Waals surface area contributed by atoms with E-state index >= 15 is 0 Å². The predicted molar refractivity (Wildman–Crippen MR) is 160 cm³/mol. The Kier molecular flexibility index (Phi) is 31.8. The summed E-state index contributed by atoms with van der Waals surface area (Å²) in [5.41, 5.74) is -0.513. The van der Waals surface area contributed by atoms with Gasteiger partial charge in [0, 0.05) is 6.42 Å². The topological polar surface area (TPSA) is 145 Å². The molecule has 0 aliphatic rings. The fraction of sp³-hybridized carbons (Fsp3) is 0.933. The lowest BCUT2D eigenvalue weighted by molar-refractivity contribution is -0.160. The van der Waals surface area contributed by atoms with E-state index in [1.54, 1.807) is 0 Å². The van der Waals surface area contributed by atoms with E-state index in [1.165, 1.54) is 0 Å². The number of hydrogen-bond acceptors (Lipinski definition) is 14. The zero-order chi connectivity index (χ0) is 32.4. The first-order chi connectivity index (χ1) is 21.3. The average molecular weight is 643 g/mol. The number of carbonyl (C=O) groups is 2. The van der Waals surface area contributed by atoms with Crippen molar-refractivity contribution in [3.8, 4) is 0 Å². The van der Waals surface area contributed by atoms with Gasteiger partial charge in [0.15, 0.2) is 0 Å². The molecule has 0 fully saturated rings. The summed E-state index contributed by atoms with van der Waals surface area (Å²) in [4.78, 5) is 22.7. The van der Waals surface area contributed by atoms with E-state index in [0.29, 0.717) is 132 Å². The lowest BCUT2D eigenvalue weighted by atomic mass is 10.2. The minimum atomic E-state index is -0.513. The van der Waals surface area contributed by atoms with Gasteiger partial charge in [-0.1, -0.05) is 6.92 Å². The molecule has 14 nitrogen and oxygen atoms in total. The van der Waals surface area contributed by atoms with Crippen LogP contribution in [0.25, 0.3) is 0 Å². The first kappa shape index (κ1) is 42.5. The molecule has 0 N–H and O–H groups in total. The Hall–Kier alpha value is -1.46. The van der Waals surface area contributed by atoms with Gasteiger partial charge in [0.1, 0.15) is 18.8 Å². The highest BCUT2D eigenvalue weighted by molar-refractivity contribution is 5.71. The first-order valence-electron chi connectivity index (χ1n) is 15.5. The monoisotopic (exact) mass is 642 g/mol. The van der Waals surface area contributed by atoms with Crippen LogP contribution >= 0.6 is 0 Å². The van der Waals surface area contributed by atoms with Gasteiger partial charge in [0.25, 0.3) is 0 Å². The molecule has 0 bridgehead atoms. The zero-order valence-electron chi connectivity index (χ0n) is 27.5. The number of esters is 2. The lowest BCUT2D eigenvalue weighted by Gasteiger charge is -2.19. The van der Waals surface area contributed by atoms with E-state index in [-0.39, 0.29) is 25.2 Å². The predicted octanol–water partition coefficient (Wildman–Crippen LogP) is 1.84. The van der Waals surface area contributed by atoms with Crippen LogP contribution in [0.4, 0.5) is 0 Å². The maximum atomic E-state index is 11.5. The number of ether oxygens (including phenoxy) is 12. The molecule has 0 aliphatic heterocycles. The summed E-state index contributed by atoms with van der Waals surface area (Å²) in [5.74, 6) is -0.581. The largest absolute Gasteiger partial charge is 0.463 e. The van der Waals surface area contributed by atoms with E-state index in [1.807, 2.05) is 27.7 Å². The summed E-state index contributed by atoms with van der Waals surface area (Å²) >= 11 is 0. The summed E-state index contributed by atoms with van der Waals surface area (Å²) in [7, 11) is 0. The highest BCUT2D eigenvalue weighted by Gasteiger charge is 2.15. The van der Waals surface area contributed by atoms with Crippen LogP contribution in [-0.2, 0) is 66.4 Å². The molecule has 0 rings (SSSR count). The van der Waals surface area contributed by atoms with Crippen molar-refractivity contribution in [2.75, 3.05) is 139 Å². The van der Waals surface area contributed by atoms with Crippen LogP contribution in [0.15, 0.2) is 0 Å². The standard InChI is InChI=1S/C30H58O14/c1-5-6-28(31)43-26-25-41-22-21-39-18-17-37-14-13-35-10-9-33-7-8-34-11-12-36-15-16-38-19-20-40-23-24-42-27-29(32)44-30(2,3)4/h5-27H2,1-4H3. The molecular formula is C30H58O14. The van der Waals surface area contributed by atoms with E-state index < -0.39 is 5.60 Å². The molecule has 0 spiro atoms. The molecule has 0 aromatic heterocycles. The molecule has 14 heteroatoms. The van der Waals surface area contributed by atoms with Gasteiger partial charge < -0.3 is 56.8 Å². The Bertz CT molecular complexity index is 629. The molecule has 262 valence electrons. The summed E-state index contributed by atoms with van der Waals surface area (Å²) in [5, 5.41) is 0. The Labute approximate surface area is 263 Å². The van der Waals surface area contributed by atoms with Crippen LogP contribution in [0.3, 0.4) is 0 Å². The Morgan fingerprint density at radius 3 is 0.955 bits per heavy atom. The van der Waals surface area contributed by atoms with Crippen molar-refractivity contribution in [3.63, 3.8) is 0 Å². The second-order valence-corrected chi connectivity index (χ2v) is 10.1. The van der Waals surface area contributed by atoms with Gasteiger partial charge in [0.05, 0.1) is 126 Å².